The number of allylic oxidation sites excluding steroid dienone is 13. The lowest BCUT2D eigenvalue weighted by atomic mass is 10.0. The number of unbranched alkanes of at least 4 members (excludes halogenated alkanes) is 14. The Morgan fingerprint density at radius 2 is 0.957 bits per heavy atom. The molecule has 2 atom stereocenters. The molecule has 0 rings (SSSR count). The first-order valence-corrected chi connectivity index (χ1v) is 19.3. The van der Waals surface area contributed by atoms with Gasteiger partial charge in [-0.2, -0.15) is 0 Å². The molecule has 268 valence electrons. The number of aliphatic hydroxyl groups is 2. The molecule has 2 unspecified atom stereocenters. The molecule has 4 nitrogen and oxygen atoms in total. The summed E-state index contributed by atoms with van der Waals surface area (Å²) in [5, 5.41) is 22.7. The summed E-state index contributed by atoms with van der Waals surface area (Å²) in [4.78, 5) is 12.3. The smallest absolute Gasteiger partial charge is 0.220 e. The van der Waals surface area contributed by atoms with Crippen molar-refractivity contribution in [3.05, 3.63) is 85.1 Å². The summed E-state index contributed by atoms with van der Waals surface area (Å²) in [6.45, 7) is 4.09. The van der Waals surface area contributed by atoms with Crippen molar-refractivity contribution in [2.24, 2.45) is 0 Å². The Labute approximate surface area is 291 Å². The zero-order valence-electron chi connectivity index (χ0n) is 30.5. The van der Waals surface area contributed by atoms with Gasteiger partial charge in [-0.15, -0.1) is 0 Å². The van der Waals surface area contributed by atoms with Crippen LogP contribution in [-0.4, -0.2) is 34.9 Å². The molecule has 0 aromatic carbocycles. The topological polar surface area (TPSA) is 69.6 Å². The largest absolute Gasteiger partial charge is 0.394 e. The van der Waals surface area contributed by atoms with Crippen LogP contribution >= 0.6 is 0 Å². The second-order valence-electron chi connectivity index (χ2n) is 12.6. The fourth-order valence-corrected chi connectivity index (χ4v) is 5.15. The van der Waals surface area contributed by atoms with Gasteiger partial charge < -0.3 is 15.5 Å². The molecule has 0 fully saturated rings. The van der Waals surface area contributed by atoms with Gasteiger partial charge in [0.05, 0.1) is 18.8 Å². The Kier molecular flexibility index (Phi) is 36.1. The number of amides is 1. The quantitative estimate of drug-likeness (QED) is 0.0488. The normalized spacial score (nSPS) is 14.0. The molecule has 47 heavy (non-hydrogen) atoms. The molecule has 1 amide bonds. The number of carbonyl (C=O) groups is 1. The highest BCUT2D eigenvalue weighted by Crippen LogP contribution is 2.13. The molecule has 0 bridgehead atoms. The van der Waals surface area contributed by atoms with E-state index in [1.807, 2.05) is 6.08 Å². The highest BCUT2D eigenvalue weighted by atomic mass is 16.3. The molecule has 0 aliphatic rings. The van der Waals surface area contributed by atoms with Crippen molar-refractivity contribution in [2.75, 3.05) is 6.61 Å². The summed E-state index contributed by atoms with van der Waals surface area (Å²) >= 11 is 0. The van der Waals surface area contributed by atoms with Crippen molar-refractivity contribution in [2.45, 2.75) is 174 Å². The van der Waals surface area contributed by atoms with Crippen molar-refractivity contribution in [3.63, 3.8) is 0 Å². The predicted octanol–water partition coefficient (Wildman–Crippen LogP) is 11.7. The minimum atomic E-state index is -0.864. The standard InChI is InChI=1S/C43H73NO3/c1-3-5-7-9-11-13-14-15-16-17-18-19-20-21-22-23-24-25-26-27-28-29-30-31-33-35-37-39-43(47)44-41(40-45)42(46)38-36-34-32-12-10-8-6-4-2/h5,7,10-13,15-16,18-19,21-22,36,38,41-42,45-46H,3-4,6,8-9,14,17,20,23-35,37,39-40H2,1-2H3,(H,44,47)/b7-5-,12-10+,13-11-,16-15-,19-18-,22-21-,38-36+. The lowest BCUT2D eigenvalue weighted by Gasteiger charge is -2.19. The van der Waals surface area contributed by atoms with E-state index in [1.54, 1.807) is 6.08 Å². The molecule has 0 heterocycles. The maximum absolute atomic E-state index is 12.3. The second-order valence-corrected chi connectivity index (χ2v) is 12.6. The second kappa shape index (κ2) is 38.0. The summed E-state index contributed by atoms with van der Waals surface area (Å²) < 4.78 is 0. The molecule has 0 radical (unpaired) electrons. The summed E-state index contributed by atoms with van der Waals surface area (Å²) in [5.74, 6) is -0.0864. The monoisotopic (exact) mass is 652 g/mol. The zero-order valence-corrected chi connectivity index (χ0v) is 30.5. The molecule has 0 saturated carbocycles. The minimum absolute atomic E-state index is 0.0864. The highest BCUT2D eigenvalue weighted by Gasteiger charge is 2.17. The maximum atomic E-state index is 12.3. The summed E-state index contributed by atoms with van der Waals surface area (Å²) in [6.07, 6.45) is 55.5. The van der Waals surface area contributed by atoms with Crippen LogP contribution < -0.4 is 5.32 Å². The van der Waals surface area contributed by atoms with Gasteiger partial charge in [-0.1, -0.05) is 170 Å². The first-order valence-electron chi connectivity index (χ1n) is 19.3. The van der Waals surface area contributed by atoms with Crippen LogP contribution in [0.4, 0.5) is 0 Å². The Morgan fingerprint density at radius 1 is 0.532 bits per heavy atom. The summed E-state index contributed by atoms with van der Waals surface area (Å²) in [7, 11) is 0. The van der Waals surface area contributed by atoms with E-state index in [9.17, 15) is 15.0 Å². The fourth-order valence-electron chi connectivity index (χ4n) is 5.15. The van der Waals surface area contributed by atoms with Gasteiger partial charge in [0.15, 0.2) is 0 Å². The third kappa shape index (κ3) is 34.7. The number of hydrogen-bond acceptors (Lipinski definition) is 3. The van der Waals surface area contributed by atoms with Crippen molar-refractivity contribution in [1.82, 2.24) is 5.32 Å². The molecule has 0 aromatic heterocycles. The third-order valence-corrected chi connectivity index (χ3v) is 8.11. The van der Waals surface area contributed by atoms with Crippen LogP contribution in [0.5, 0.6) is 0 Å². The Balaban J connectivity index is 3.58. The number of carbonyl (C=O) groups excluding carboxylic acids is 1. The Morgan fingerprint density at radius 3 is 1.49 bits per heavy atom. The molecule has 3 N–H and O–H groups in total. The molecular formula is C43H73NO3. The molecular weight excluding hydrogens is 578 g/mol. The van der Waals surface area contributed by atoms with Gasteiger partial charge in [0.2, 0.25) is 5.91 Å². The van der Waals surface area contributed by atoms with E-state index < -0.39 is 12.1 Å². The molecule has 0 spiro atoms. The van der Waals surface area contributed by atoms with Crippen LogP contribution in [0, 0.1) is 0 Å². The molecule has 0 aromatic rings. The van der Waals surface area contributed by atoms with Gasteiger partial charge in [0.25, 0.3) is 0 Å². The number of aliphatic hydroxyl groups excluding tert-OH is 2. The van der Waals surface area contributed by atoms with Gasteiger partial charge in [0, 0.05) is 6.42 Å². The molecule has 0 aliphatic heterocycles. The zero-order chi connectivity index (χ0) is 34.3. The first-order chi connectivity index (χ1) is 23.2. The van der Waals surface area contributed by atoms with Crippen LogP contribution in [0.25, 0.3) is 0 Å². The van der Waals surface area contributed by atoms with Crippen LogP contribution in [0.15, 0.2) is 85.1 Å². The number of hydrogen-bond donors (Lipinski definition) is 3. The van der Waals surface area contributed by atoms with E-state index in [-0.39, 0.29) is 12.5 Å². The van der Waals surface area contributed by atoms with E-state index in [2.05, 4.69) is 92.1 Å². The van der Waals surface area contributed by atoms with E-state index >= 15 is 0 Å². The first kappa shape index (κ1) is 44.6. The van der Waals surface area contributed by atoms with Gasteiger partial charge in [-0.05, 0) is 70.6 Å². The van der Waals surface area contributed by atoms with E-state index in [0.717, 1.165) is 64.2 Å². The van der Waals surface area contributed by atoms with Crippen LogP contribution in [0.3, 0.4) is 0 Å². The predicted molar refractivity (Wildman–Crippen MR) is 207 cm³/mol. The molecule has 4 heteroatoms. The highest BCUT2D eigenvalue weighted by molar-refractivity contribution is 5.76. The van der Waals surface area contributed by atoms with Gasteiger partial charge >= 0.3 is 0 Å². The van der Waals surface area contributed by atoms with Crippen molar-refractivity contribution >= 4 is 5.91 Å². The lowest BCUT2D eigenvalue weighted by Crippen LogP contribution is -2.45. The lowest BCUT2D eigenvalue weighted by molar-refractivity contribution is -0.123. The summed E-state index contributed by atoms with van der Waals surface area (Å²) in [6, 6.07) is -0.642. The van der Waals surface area contributed by atoms with E-state index in [1.165, 1.54) is 77.0 Å². The van der Waals surface area contributed by atoms with Gasteiger partial charge in [0.1, 0.15) is 0 Å². The molecule has 0 aliphatic carbocycles. The van der Waals surface area contributed by atoms with Gasteiger partial charge in [-0.25, -0.2) is 0 Å². The third-order valence-electron chi connectivity index (χ3n) is 8.11. The van der Waals surface area contributed by atoms with Crippen molar-refractivity contribution < 1.29 is 15.0 Å². The maximum Gasteiger partial charge on any atom is 0.220 e. The SMILES string of the molecule is CC/C=C\C/C=C\C/C=C\C/C=C\C/C=C\CCCCCCCCCCCCCC(=O)NC(CO)C(O)/C=C/CC/C=C/CCCC. The molecule has 0 saturated heterocycles. The Hall–Kier alpha value is -2.43. The number of nitrogens with one attached hydrogen (secondary N) is 1. The van der Waals surface area contributed by atoms with E-state index in [0.29, 0.717) is 6.42 Å². The average Bonchev–Trinajstić information content (AvgIpc) is 3.07. The average molecular weight is 652 g/mol. The van der Waals surface area contributed by atoms with E-state index in [4.69, 9.17) is 0 Å². The number of rotatable bonds is 33. The van der Waals surface area contributed by atoms with Crippen LogP contribution in [0.2, 0.25) is 0 Å². The van der Waals surface area contributed by atoms with Crippen LogP contribution in [-0.2, 0) is 4.79 Å². The Bertz CT molecular complexity index is 879. The van der Waals surface area contributed by atoms with Gasteiger partial charge in [-0.3, -0.25) is 4.79 Å². The van der Waals surface area contributed by atoms with Crippen LogP contribution in [0.1, 0.15) is 162 Å². The fraction of sp³-hybridized carbons (Fsp3) is 0.651. The minimum Gasteiger partial charge on any atom is -0.394 e. The van der Waals surface area contributed by atoms with Crippen molar-refractivity contribution in [1.29, 1.82) is 0 Å². The van der Waals surface area contributed by atoms with Crippen molar-refractivity contribution in [3.8, 4) is 0 Å². The summed E-state index contributed by atoms with van der Waals surface area (Å²) in [5.41, 5.74) is 0.